The van der Waals surface area contributed by atoms with Gasteiger partial charge in [-0.1, -0.05) is 11.6 Å². The quantitative estimate of drug-likeness (QED) is 0.916. The van der Waals surface area contributed by atoms with Crippen LogP contribution in [0.25, 0.3) is 0 Å². The minimum absolute atomic E-state index is 0.117. The van der Waals surface area contributed by atoms with Crippen LogP contribution in [-0.2, 0) is 10.2 Å². The highest BCUT2D eigenvalue weighted by Gasteiger charge is 2.47. The number of ether oxygens (including phenoxy) is 2. The molecule has 0 amide bonds. The van der Waals surface area contributed by atoms with E-state index in [0.29, 0.717) is 29.7 Å². The van der Waals surface area contributed by atoms with Gasteiger partial charge in [-0.3, -0.25) is 4.79 Å². The molecule has 1 N–H and O–H groups in total. The molecule has 4 nitrogen and oxygen atoms in total. The average molecular weight is 269 g/mol. The first-order valence-corrected chi connectivity index (χ1v) is 6.30. The van der Waals surface area contributed by atoms with E-state index in [1.54, 1.807) is 6.07 Å². The SMILES string of the molecule is O=C(O)CC1(c2cc3c(cc2Cl)OCCO3)CC1. The maximum absolute atomic E-state index is 10.9. The number of carboxylic acid groups (broad SMARTS) is 1. The Bertz CT molecular complexity index is 508. The van der Waals surface area contributed by atoms with Crippen molar-refractivity contribution in [3.63, 3.8) is 0 Å². The van der Waals surface area contributed by atoms with E-state index in [9.17, 15) is 4.79 Å². The first-order chi connectivity index (χ1) is 8.61. The fourth-order valence-corrected chi connectivity index (χ4v) is 2.81. The van der Waals surface area contributed by atoms with E-state index in [2.05, 4.69) is 0 Å². The van der Waals surface area contributed by atoms with Crippen molar-refractivity contribution in [1.29, 1.82) is 0 Å². The summed E-state index contributed by atoms with van der Waals surface area (Å²) in [5.74, 6) is 0.511. The van der Waals surface area contributed by atoms with Gasteiger partial charge in [0.25, 0.3) is 0 Å². The minimum Gasteiger partial charge on any atom is -0.486 e. The molecular weight excluding hydrogens is 256 g/mol. The van der Waals surface area contributed by atoms with Crippen molar-refractivity contribution < 1.29 is 19.4 Å². The summed E-state index contributed by atoms with van der Waals surface area (Å²) in [7, 11) is 0. The summed E-state index contributed by atoms with van der Waals surface area (Å²) in [4.78, 5) is 10.9. The van der Waals surface area contributed by atoms with Crippen LogP contribution in [-0.4, -0.2) is 24.3 Å². The van der Waals surface area contributed by atoms with Crippen LogP contribution in [0, 0.1) is 0 Å². The molecule has 0 saturated heterocycles. The molecule has 1 heterocycles. The number of rotatable bonds is 3. The first kappa shape index (κ1) is 11.7. The van der Waals surface area contributed by atoms with Gasteiger partial charge in [0.1, 0.15) is 13.2 Å². The van der Waals surface area contributed by atoms with Crippen LogP contribution in [0.2, 0.25) is 5.02 Å². The van der Waals surface area contributed by atoms with E-state index >= 15 is 0 Å². The standard InChI is InChI=1S/C13H13ClO4/c14-9-6-11-10(17-3-4-18-11)5-8(9)13(1-2-13)7-12(15)16/h5-6H,1-4,7H2,(H,15,16). The second kappa shape index (κ2) is 4.05. The molecule has 96 valence electrons. The Morgan fingerprint density at radius 2 is 1.89 bits per heavy atom. The van der Waals surface area contributed by atoms with Gasteiger partial charge in [-0.15, -0.1) is 0 Å². The van der Waals surface area contributed by atoms with E-state index in [1.165, 1.54) is 0 Å². The zero-order valence-corrected chi connectivity index (χ0v) is 10.5. The zero-order chi connectivity index (χ0) is 12.8. The second-order valence-corrected chi connectivity index (χ2v) is 5.23. The fraction of sp³-hybridized carbons (Fsp3) is 0.462. The van der Waals surface area contributed by atoms with Crippen LogP contribution in [0.3, 0.4) is 0 Å². The molecule has 1 aliphatic heterocycles. The molecule has 0 aromatic heterocycles. The van der Waals surface area contributed by atoms with Crippen molar-refractivity contribution in [1.82, 2.24) is 0 Å². The van der Waals surface area contributed by atoms with Crippen LogP contribution >= 0.6 is 11.6 Å². The van der Waals surface area contributed by atoms with Gasteiger partial charge < -0.3 is 14.6 Å². The summed E-state index contributed by atoms with van der Waals surface area (Å²) in [6, 6.07) is 3.57. The molecule has 0 spiro atoms. The van der Waals surface area contributed by atoms with E-state index in [-0.39, 0.29) is 11.8 Å². The third-order valence-electron chi connectivity index (χ3n) is 3.55. The van der Waals surface area contributed by atoms with Crippen molar-refractivity contribution in [3.8, 4) is 11.5 Å². The van der Waals surface area contributed by atoms with Gasteiger partial charge in [-0.05, 0) is 24.5 Å². The highest BCUT2D eigenvalue weighted by atomic mass is 35.5. The van der Waals surface area contributed by atoms with Crippen molar-refractivity contribution in [2.24, 2.45) is 0 Å². The molecule has 1 fully saturated rings. The molecular formula is C13H13ClO4. The Morgan fingerprint density at radius 1 is 1.28 bits per heavy atom. The lowest BCUT2D eigenvalue weighted by molar-refractivity contribution is -0.137. The summed E-state index contributed by atoms with van der Waals surface area (Å²) in [5, 5.41) is 9.55. The van der Waals surface area contributed by atoms with Crippen LogP contribution in [0.15, 0.2) is 12.1 Å². The molecule has 1 aliphatic carbocycles. The molecule has 0 radical (unpaired) electrons. The Kier molecular flexibility index (Phi) is 2.63. The summed E-state index contributed by atoms with van der Waals surface area (Å²) in [6.07, 6.45) is 1.84. The molecule has 2 aliphatic rings. The minimum atomic E-state index is -0.793. The summed E-state index contributed by atoms with van der Waals surface area (Å²) in [6.45, 7) is 1.03. The third kappa shape index (κ3) is 1.90. The van der Waals surface area contributed by atoms with Gasteiger partial charge in [0.2, 0.25) is 0 Å². The second-order valence-electron chi connectivity index (χ2n) is 4.83. The van der Waals surface area contributed by atoms with Gasteiger partial charge >= 0.3 is 5.97 Å². The Labute approximate surface area is 109 Å². The summed E-state index contributed by atoms with van der Waals surface area (Å²) in [5.41, 5.74) is 0.564. The number of carboxylic acids is 1. The lowest BCUT2D eigenvalue weighted by atomic mass is 9.92. The number of hydrogen-bond donors (Lipinski definition) is 1. The fourth-order valence-electron chi connectivity index (χ4n) is 2.45. The van der Waals surface area contributed by atoms with Gasteiger partial charge in [0, 0.05) is 16.5 Å². The highest BCUT2D eigenvalue weighted by molar-refractivity contribution is 6.31. The third-order valence-corrected chi connectivity index (χ3v) is 3.86. The smallest absolute Gasteiger partial charge is 0.304 e. The number of benzene rings is 1. The molecule has 0 atom stereocenters. The van der Waals surface area contributed by atoms with Crippen molar-refractivity contribution in [3.05, 3.63) is 22.7 Å². The van der Waals surface area contributed by atoms with E-state index < -0.39 is 5.97 Å². The van der Waals surface area contributed by atoms with E-state index in [0.717, 1.165) is 18.4 Å². The molecule has 18 heavy (non-hydrogen) atoms. The normalized spacial score (nSPS) is 19.4. The monoisotopic (exact) mass is 268 g/mol. The van der Waals surface area contributed by atoms with Gasteiger partial charge in [-0.2, -0.15) is 0 Å². The van der Waals surface area contributed by atoms with Crippen molar-refractivity contribution in [2.75, 3.05) is 13.2 Å². The molecule has 3 rings (SSSR count). The number of aliphatic carboxylic acids is 1. The molecule has 1 aromatic rings. The Morgan fingerprint density at radius 3 is 2.44 bits per heavy atom. The van der Waals surface area contributed by atoms with Crippen molar-refractivity contribution >= 4 is 17.6 Å². The van der Waals surface area contributed by atoms with E-state index in [4.69, 9.17) is 26.2 Å². The Balaban J connectivity index is 1.99. The van der Waals surface area contributed by atoms with Gasteiger partial charge in [0.15, 0.2) is 11.5 Å². The number of hydrogen-bond acceptors (Lipinski definition) is 3. The maximum atomic E-state index is 10.9. The predicted octanol–water partition coefficient (Wildman–Crippen LogP) is 2.62. The van der Waals surface area contributed by atoms with Crippen LogP contribution < -0.4 is 9.47 Å². The number of fused-ring (bicyclic) bond motifs is 1. The molecule has 0 unspecified atom stereocenters. The van der Waals surface area contributed by atoms with Crippen LogP contribution in [0.5, 0.6) is 11.5 Å². The lowest BCUT2D eigenvalue weighted by Gasteiger charge is -2.22. The summed E-state index contributed by atoms with van der Waals surface area (Å²) >= 11 is 6.24. The van der Waals surface area contributed by atoms with Crippen LogP contribution in [0.4, 0.5) is 0 Å². The molecule has 5 heteroatoms. The largest absolute Gasteiger partial charge is 0.486 e. The molecule has 0 bridgehead atoms. The first-order valence-electron chi connectivity index (χ1n) is 5.92. The lowest BCUT2D eigenvalue weighted by Crippen LogP contribution is -2.18. The molecule has 1 aromatic carbocycles. The predicted molar refractivity (Wildman–Crippen MR) is 65.6 cm³/mol. The molecule has 1 saturated carbocycles. The van der Waals surface area contributed by atoms with Crippen LogP contribution in [0.1, 0.15) is 24.8 Å². The Hall–Kier alpha value is -1.42. The number of halogens is 1. The van der Waals surface area contributed by atoms with Gasteiger partial charge in [0.05, 0.1) is 6.42 Å². The van der Waals surface area contributed by atoms with E-state index in [1.807, 2.05) is 6.07 Å². The van der Waals surface area contributed by atoms with Crippen molar-refractivity contribution in [2.45, 2.75) is 24.7 Å². The summed E-state index contributed by atoms with van der Waals surface area (Å²) < 4.78 is 11.0. The average Bonchev–Trinajstić information content (AvgIpc) is 3.08. The highest BCUT2D eigenvalue weighted by Crippen LogP contribution is 2.55. The topological polar surface area (TPSA) is 55.8 Å². The number of carbonyl (C=O) groups is 1. The maximum Gasteiger partial charge on any atom is 0.304 e. The zero-order valence-electron chi connectivity index (χ0n) is 9.74. The van der Waals surface area contributed by atoms with Gasteiger partial charge in [-0.25, -0.2) is 0 Å².